The number of rotatable bonds is 3. The quantitative estimate of drug-likeness (QED) is 0.746. The van der Waals surface area contributed by atoms with E-state index in [4.69, 9.17) is 9.72 Å². The summed E-state index contributed by atoms with van der Waals surface area (Å²) in [5.74, 6) is 1.73. The maximum atomic E-state index is 13.1. The second-order valence-corrected chi connectivity index (χ2v) is 7.86. The fourth-order valence-corrected chi connectivity index (χ4v) is 4.39. The topological polar surface area (TPSA) is 67.7 Å². The van der Waals surface area contributed by atoms with Crippen LogP contribution in [0, 0.1) is 0 Å². The summed E-state index contributed by atoms with van der Waals surface area (Å²) < 4.78 is 7.97. The lowest BCUT2D eigenvalue weighted by Crippen LogP contribution is -2.47. The van der Waals surface area contributed by atoms with Crippen LogP contribution in [0.1, 0.15) is 30.0 Å². The van der Waals surface area contributed by atoms with Crippen molar-refractivity contribution in [1.82, 2.24) is 19.4 Å². The van der Waals surface area contributed by atoms with E-state index in [0.29, 0.717) is 39.0 Å². The van der Waals surface area contributed by atoms with Crippen molar-refractivity contribution in [2.45, 2.75) is 38.5 Å². The number of carbonyl (C=O) groups excluding carboxylic acids is 2. The molecular formula is C22H24N4O3. The number of hydrogen-bond acceptors (Lipinski definition) is 4. The van der Waals surface area contributed by atoms with Gasteiger partial charge in [-0.15, -0.1) is 0 Å². The van der Waals surface area contributed by atoms with Crippen LogP contribution in [0.2, 0.25) is 0 Å². The minimum absolute atomic E-state index is 0.00344. The molecule has 3 aliphatic heterocycles. The molecule has 0 spiro atoms. The number of ether oxygens (including phenoxy) is 1. The average Bonchev–Trinajstić information content (AvgIpc) is 3.46. The molecule has 5 rings (SSSR count). The number of nitrogens with zero attached hydrogens (tertiary/aromatic N) is 4. The zero-order valence-corrected chi connectivity index (χ0v) is 16.5. The Labute approximate surface area is 169 Å². The van der Waals surface area contributed by atoms with E-state index in [9.17, 15) is 9.59 Å². The molecule has 29 heavy (non-hydrogen) atoms. The summed E-state index contributed by atoms with van der Waals surface area (Å²) in [7, 11) is 0. The number of imidazole rings is 1. The second kappa shape index (κ2) is 7.06. The van der Waals surface area contributed by atoms with Gasteiger partial charge in [0.2, 0.25) is 5.91 Å². The Balaban J connectivity index is 1.28. The summed E-state index contributed by atoms with van der Waals surface area (Å²) in [6.07, 6.45) is 6.40. The molecule has 0 N–H and O–H groups in total. The predicted octanol–water partition coefficient (Wildman–Crippen LogP) is 1.73. The van der Waals surface area contributed by atoms with Crippen LogP contribution in [0.25, 0.3) is 0 Å². The maximum absolute atomic E-state index is 13.1. The molecule has 0 radical (unpaired) electrons. The Morgan fingerprint density at radius 2 is 1.97 bits per heavy atom. The van der Waals surface area contributed by atoms with Crippen molar-refractivity contribution < 1.29 is 14.3 Å². The van der Waals surface area contributed by atoms with E-state index in [1.165, 1.54) is 0 Å². The van der Waals surface area contributed by atoms with Crippen LogP contribution in [0.4, 0.5) is 0 Å². The van der Waals surface area contributed by atoms with E-state index in [-0.39, 0.29) is 17.9 Å². The number of fused-ring (bicyclic) bond motifs is 2. The molecule has 0 saturated heterocycles. The monoisotopic (exact) mass is 392 g/mol. The molecule has 1 aromatic carbocycles. The van der Waals surface area contributed by atoms with Crippen LogP contribution in [-0.4, -0.2) is 56.9 Å². The minimum Gasteiger partial charge on any atom is -0.480 e. The van der Waals surface area contributed by atoms with Gasteiger partial charge in [0.15, 0.2) is 6.10 Å². The summed E-state index contributed by atoms with van der Waals surface area (Å²) in [5, 5.41) is 0. The lowest BCUT2D eigenvalue weighted by Gasteiger charge is -2.35. The summed E-state index contributed by atoms with van der Waals surface area (Å²) >= 11 is 0. The highest BCUT2D eigenvalue weighted by molar-refractivity contribution is 5.83. The van der Waals surface area contributed by atoms with Crippen LogP contribution in [0.3, 0.4) is 0 Å². The fraction of sp³-hybridized carbons (Fsp3) is 0.409. The van der Waals surface area contributed by atoms with Crippen molar-refractivity contribution >= 4 is 11.8 Å². The molecule has 1 aromatic heterocycles. The second-order valence-electron chi connectivity index (χ2n) is 7.86. The number of carbonyl (C=O) groups is 2. The highest BCUT2D eigenvalue weighted by Gasteiger charge is 2.37. The number of aromatic nitrogens is 2. The lowest BCUT2D eigenvalue weighted by molar-refractivity contribution is -0.141. The first-order valence-corrected chi connectivity index (χ1v) is 10.1. The molecule has 3 aliphatic rings. The summed E-state index contributed by atoms with van der Waals surface area (Å²) in [4.78, 5) is 33.9. The number of hydrogen-bond donors (Lipinski definition) is 0. The number of benzene rings is 1. The average molecular weight is 392 g/mol. The Hall–Kier alpha value is -3.09. The lowest BCUT2D eigenvalue weighted by atomic mass is 10.1. The van der Waals surface area contributed by atoms with Gasteiger partial charge in [0.25, 0.3) is 5.91 Å². The first-order valence-electron chi connectivity index (χ1n) is 10.1. The van der Waals surface area contributed by atoms with Crippen LogP contribution in [0.5, 0.6) is 5.75 Å². The Bertz CT molecular complexity index is 963. The molecule has 0 fully saturated rings. The van der Waals surface area contributed by atoms with Gasteiger partial charge in [-0.2, -0.15) is 0 Å². The molecule has 7 heteroatoms. The third-order valence-electron chi connectivity index (χ3n) is 5.99. The molecule has 2 atom stereocenters. The number of para-hydroxylation sites is 1. The molecule has 0 aliphatic carbocycles. The molecule has 7 nitrogen and oxygen atoms in total. The van der Waals surface area contributed by atoms with Gasteiger partial charge in [-0.05, 0) is 18.6 Å². The third kappa shape index (κ3) is 3.20. The SMILES string of the molecule is CC1c2nc(CC(=O)N3CC=CC3)cn2CCN1C(=O)C1Cc2ccccc2O1. The van der Waals surface area contributed by atoms with Crippen LogP contribution < -0.4 is 4.74 Å². The van der Waals surface area contributed by atoms with Crippen molar-refractivity contribution in [3.05, 3.63) is 59.7 Å². The molecule has 2 amide bonds. The Morgan fingerprint density at radius 1 is 1.17 bits per heavy atom. The number of amides is 2. The van der Waals surface area contributed by atoms with Crippen molar-refractivity contribution in [1.29, 1.82) is 0 Å². The zero-order chi connectivity index (χ0) is 20.0. The van der Waals surface area contributed by atoms with Crippen molar-refractivity contribution in [3.8, 4) is 5.75 Å². The van der Waals surface area contributed by atoms with E-state index >= 15 is 0 Å². The van der Waals surface area contributed by atoms with Gasteiger partial charge in [-0.3, -0.25) is 9.59 Å². The van der Waals surface area contributed by atoms with E-state index in [1.807, 2.05) is 59.3 Å². The first kappa shape index (κ1) is 18.0. The summed E-state index contributed by atoms with van der Waals surface area (Å²) in [6, 6.07) is 7.66. The Morgan fingerprint density at radius 3 is 2.76 bits per heavy atom. The largest absolute Gasteiger partial charge is 0.480 e. The molecule has 2 unspecified atom stereocenters. The van der Waals surface area contributed by atoms with Crippen molar-refractivity contribution in [3.63, 3.8) is 0 Å². The van der Waals surface area contributed by atoms with Crippen LogP contribution >= 0.6 is 0 Å². The van der Waals surface area contributed by atoms with E-state index in [0.717, 1.165) is 22.8 Å². The zero-order valence-electron chi connectivity index (χ0n) is 16.5. The highest BCUT2D eigenvalue weighted by atomic mass is 16.5. The maximum Gasteiger partial charge on any atom is 0.264 e. The van der Waals surface area contributed by atoms with Crippen molar-refractivity contribution in [2.24, 2.45) is 0 Å². The smallest absolute Gasteiger partial charge is 0.264 e. The normalized spacial score (nSPS) is 22.4. The summed E-state index contributed by atoms with van der Waals surface area (Å²) in [6.45, 7) is 4.64. The van der Waals surface area contributed by atoms with Gasteiger partial charge in [0.05, 0.1) is 18.2 Å². The molecular weight excluding hydrogens is 368 g/mol. The molecule has 2 aromatic rings. The molecule has 0 saturated carbocycles. The standard InChI is InChI=1S/C22H24N4O3/c1-15-21-23-17(13-20(27)24-8-4-5-9-24)14-25(21)10-11-26(15)22(28)19-12-16-6-2-3-7-18(16)29-19/h2-7,14-15,19H,8-13H2,1H3. The Kier molecular flexibility index (Phi) is 4.38. The fourth-order valence-electron chi connectivity index (χ4n) is 4.39. The minimum atomic E-state index is -0.472. The van der Waals surface area contributed by atoms with Crippen molar-refractivity contribution in [2.75, 3.05) is 19.6 Å². The van der Waals surface area contributed by atoms with Crippen LogP contribution in [0.15, 0.2) is 42.6 Å². The first-order chi connectivity index (χ1) is 14.1. The van der Waals surface area contributed by atoms with Gasteiger partial charge in [-0.1, -0.05) is 30.4 Å². The molecule has 0 bridgehead atoms. The van der Waals surface area contributed by atoms with Crippen LogP contribution in [-0.2, 0) is 29.0 Å². The highest BCUT2D eigenvalue weighted by Crippen LogP contribution is 2.32. The van der Waals surface area contributed by atoms with Gasteiger partial charge in [0.1, 0.15) is 11.6 Å². The van der Waals surface area contributed by atoms with E-state index < -0.39 is 6.10 Å². The van der Waals surface area contributed by atoms with E-state index in [2.05, 4.69) is 4.57 Å². The summed E-state index contributed by atoms with van der Waals surface area (Å²) in [5.41, 5.74) is 1.84. The predicted molar refractivity (Wildman–Crippen MR) is 106 cm³/mol. The molecule has 4 heterocycles. The van der Waals surface area contributed by atoms with E-state index in [1.54, 1.807) is 0 Å². The van der Waals surface area contributed by atoms with Gasteiger partial charge in [-0.25, -0.2) is 4.98 Å². The molecule has 150 valence electrons. The van der Waals surface area contributed by atoms with Gasteiger partial charge < -0.3 is 19.1 Å². The third-order valence-corrected chi connectivity index (χ3v) is 5.99. The van der Waals surface area contributed by atoms with Gasteiger partial charge in [0, 0.05) is 38.8 Å². The van der Waals surface area contributed by atoms with Gasteiger partial charge >= 0.3 is 0 Å².